The van der Waals surface area contributed by atoms with Crippen LogP contribution in [-0.2, 0) is 26.0 Å². The number of nitrogens with one attached hydrogen (secondary N) is 1. The molecule has 2 N–H and O–H groups in total. The molecule has 3 rings (SSSR count). The largest absolute Gasteiger partial charge is 0.392 e. The minimum Gasteiger partial charge on any atom is -0.392 e. The molecule has 106 valence electrons. The molecular weight excluding hydrogens is 262 g/mol. The first-order chi connectivity index (χ1) is 10.3. The van der Waals surface area contributed by atoms with E-state index in [0.717, 1.165) is 36.1 Å². The van der Waals surface area contributed by atoms with Gasteiger partial charge in [0.2, 0.25) is 0 Å². The lowest BCUT2D eigenvalue weighted by atomic mass is 10.1. The highest BCUT2D eigenvalue weighted by Gasteiger charge is 2.16. The number of fused-ring (bicyclic) bond motifs is 1. The summed E-state index contributed by atoms with van der Waals surface area (Å²) in [6.07, 6.45) is 3.15. The van der Waals surface area contributed by atoms with Crippen LogP contribution in [0, 0.1) is 11.3 Å². The quantitative estimate of drug-likeness (QED) is 0.902. The fourth-order valence-corrected chi connectivity index (χ4v) is 2.64. The van der Waals surface area contributed by atoms with Gasteiger partial charge >= 0.3 is 0 Å². The molecule has 0 spiro atoms. The molecule has 4 nitrogen and oxygen atoms in total. The van der Waals surface area contributed by atoms with Gasteiger partial charge in [0.05, 0.1) is 12.2 Å². The number of hydrogen-bond donors (Lipinski definition) is 2. The first-order valence-electron chi connectivity index (χ1n) is 7.15. The maximum Gasteiger partial charge on any atom is 0.144 e. The van der Waals surface area contributed by atoms with E-state index >= 15 is 0 Å². The van der Waals surface area contributed by atoms with E-state index < -0.39 is 0 Å². The van der Waals surface area contributed by atoms with Crippen LogP contribution in [0.25, 0.3) is 0 Å². The number of pyridine rings is 1. The summed E-state index contributed by atoms with van der Waals surface area (Å²) in [7, 11) is 0. The predicted molar refractivity (Wildman–Crippen MR) is 80.7 cm³/mol. The van der Waals surface area contributed by atoms with E-state index in [0.29, 0.717) is 17.9 Å². The molecule has 0 radical (unpaired) electrons. The van der Waals surface area contributed by atoms with Crippen molar-refractivity contribution < 1.29 is 5.11 Å². The molecule has 0 amide bonds. The van der Waals surface area contributed by atoms with Crippen LogP contribution in [-0.4, -0.2) is 10.1 Å². The number of rotatable bonds is 4. The Hall–Kier alpha value is -2.38. The first kappa shape index (κ1) is 13.6. The highest BCUT2D eigenvalue weighted by Crippen LogP contribution is 2.25. The van der Waals surface area contributed by atoms with Gasteiger partial charge in [-0.3, -0.25) is 0 Å². The van der Waals surface area contributed by atoms with Crippen molar-refractivity contribution in [2.45, 2.75) is 32.4 Å². The lowest BCUT2D eigenvalue weighted by Gasteiger charge is -2.10. The SMILES string of the molecule is N#Cc1cc2c(nc1NCc1ccc(CO)cc1)CCC2. The van der Waals surface area contributed by atoms with Gasteiger partial charge in [0, 0.05) is 12.2 Å². The fourth-order valence-electron chi connectivity index (χ4n) is 2.64. The third-order valence-electron chi connectivity index (χ3n) is 3.84. The Morgan fingerprint density at radius 3 is 2.67 bits per heavy atom. The average Bonchev–Trinajstić information content (AvgIpc) is 2.99. The lowest BCUT2D eigenvalue weighted by Crippen LogP contribution is -2.05. The van der Waals surface area contributed by atoms with Gasteiger partial charge in [0.1, 0.15) is 11.9 Å². The van der Waals surface area contributed by atoms with Crippen molar-refractivity contribution in [1.29, 1.82) is 5.26 Å². The summed E-state index contributed by atoms with van der Waals surface area (Å²) in [6.45, 7) is 0.671. The Labute approximate surface area is 124 Å². The van der Waals surface area contributed by atoms with Gasteiger partial charge in [-0.05, 0) is 42.0 Å². The molecule has 4 heteroatoms. The van der Waals surface area contributed by atoms with Crippen LogP contribution < -0.4 is 5.32 Å². The third kappa shape index (κ3) is 2.88. The number of aryl methyl sites for hydroxylation is 2. The summed E-state index contributed by atoms with van der Waals surface area (Å²) < 4.78 is 0. The maximum atomic E-state index is 9.26. The summed E-state index contributed by atoms with van der Waals surface area (Å²) in [6, 6.07) is 11.9. The second-order valence-corrected chi connectivity index (χ2v) is 5.28. The Kier molecular flexibility index (Phi) is 3.85. The zero-order valence-corrected chi connectivity index (χ0v) is 11.8. The van der Waals surface area contributed by atoms with Crippen molar-refractivity contribution in [3.8, 4) is 6.07 Å². The molecule has 0 unspecified atom stereocenters. The molecule has 1 aliphatic carbocycles. The second-order valence-electron chi connectivity index (χ2n) is 5.28. The molecule has 1 aromatic heterocycles. The van der Waals surface area contributed by atoms with Gasteiger partial charge in [-0.25, -0.2) is 4.98 Å². The molecule has 1 heterocycles. The van der Waals surface area contributed by atoms with Crippen LogP contribution in [0.1, 0.15) is 34.4 Å². The number of nitriles is 1. The molecule has 21 heavy (non-hydrogen) atoms. The van der Waals surface area contributed by atoms with Crippen molar-refractivity contribution in [3.05, 3.63) is 58.3 Å². The lowest BCUT2D eigenvalue weighted by molar-refractivity contribution is 0.282. The Morgan fingerprint density at radius 1 is 1.19 bits per heavy atom. The Bertz CT molecular complexity index is 686. The van der Waals surface area contributed by atoms with Crippen LogP contribution in [0.15, 0.2) is 30.3 Å². The van der Waals surface area contributed by atoms with Crippen molar-refractivity contribution in [3.63, 3.8) is 0 Å². The van der Waals surface area contributed by atoms with Crippen LogP contribution in [0.5, 0.6) is 0 Å². The molecule has 2 aromatic rings. The summed E-state index contributed by atoms with van der Waals surface area (Å²) in [4.78, 5) is 4.60. The third-order valence-corrected chi connectivity index (χ3v) is 3.84. The highest BCUT2D eigenvalue weighted by atomic mass is 16.3. The van der Waals surface area contributed by atoms with Gasteiger partial charge in [0.25, 0.3) is 0 Å². The minimum absolute atomic E-state index is 0.0542. The van der Waals surface area contributed by atoms with Gasteiger partial charge in [-0.2, -0.15) is 5.26 Å². The van der Waals surface area contributed by atoms with E-state index in [1.165, 1.54) is 5.56 Å². The zero-order chi connectivity index (χ0) is 14.7. The van der Waals surface area contributed by atoms with E-state index in [2.05, 4.69) is 16.4 Å². The Balaban J connectivity index is 1.76. The number of aliphatic hydroxyl groups is 1. The van der Waals surface area contributed by atoms with E-state index in [4.69, 9.17) is 5.11 Å². The van der Waals surface area contributed by atoms with E-state index in [9.17, 15) is 5.26 Å². The molecule has 0 fully saturated rings. The van der Waals surface area contributed by atoms with Crippen molar-refractivity contribution in [2.24, 2.45) is 0 Å². The normalized spacial score (nSPS) is 12.8. The zero-order valence-electron chi connectivity index (χ0n) is 11.8. The maximum absolute atomic E-state index is 9.26. The predicted octanol–water partition coefficient (Wildman–Crippen LogP) is 2.55. The topological polar surface area (TPSA) is 68.9 Å². The van der Waals surface area contributed by atoms with Crippen molar-refractivity contribution in [1.82, 2.24) is 4.98 Å². The number of aliphatic hydroxyl groups excluding tert-OH is 1. The Morgan fingerprint density at radius 2 is 1.95 bits per heavy atom. The van der Waals surface area contributed by atoms with Crippen LogP contribution >= 0.6 is 0 Å². The fraction of sp³-hybridized carbons (Fsp3) is 0.294. The number of hydrogen-bond acceptors (Lipinski definition) is 4. The van der Waals surface area contributed by atoms with Crippen LogP contribution in [0.2, 0.25) is 0 Å². The van der Waals surface area contributed by atoms with Crippen LogP contribution in [0.3, 0.4) is 0 Å². The highest BCUT2D eigenvalue weighted by molar-refractivity contribution is 5.55. The second kappa shape index (κ2) is 5.94. The summed E-state index contributed by atoms with van der Waals surface area (Å²) in [5.41, 5.74) is 4.93. The van der Waals surface area contributed by atoms with Crippen LogP contribution in [0.4, 0.5) is 5.82 Å². The standard InChI is InChI=1S/C17H17N3O/c18-9-15-8-14-2-1-3-16(14)20-17(15)19-10-12-4-6-13(11-21)7-5-12/h4-8,21H,1-3,10-11H2,(H,19,20). The first-order valence-corrected chi connectivity index (χ1v) is 7.15. The van der Waals surface area contributed by atoms with Crippen molar-refractivity contribution in [2.75, 3.05) is 5.32 Å². The average molecular weight is 279 g/mol. The molecular formula is C17H17N3O. The number of anilines is 1. The summed E-state index contributed by atoms with van der Waals surface area (Å²) >= 11 is 0. The molecule has 0 saturated carbocycles. The summed E-state index contributed by atoms with van der Waals surface area (Å²) in [5, 5.41) is 21.5. The van der Waals surface area contributed by atoms with Gasteiger partial charge in [-0.15, -0.1) is 0 Å². The number of nitrogens with zero attached hydrogens (tertiary/aromatic N) is 2. The molecule has 1 aliphatic rings. The smallest absolute Gasteiger partial charge is 0.144 e. The number of benzene rings is 1. The molecule has 0 saturated heterocycles. The van der Waals surface area contributed by atoms with Gasteiger partial charge < -0.3 is 10.4 Å². The van der Waals surface area contributed by atoms with E-state index in [1.54, 1.807) is 0 Å². The summed E-state index contributed by atoms with van der Waals surface area (Å²) in [5.74, 6) is 0.671. The molecule has 1 aromatic carbocycles. The van der Waals surface area contributed by atoms with Gasteiger partial charge in [0.15, 0.2) is 0 Å². The monoisotopic (exact) mass is 279 g/mol. The molecule has 0 bridgehead atoms. The number of aromatic nitrogens is 1. The minimum atomic E-state index is 0.0542. The van der Waals surface area contributed by atoms with E-state index in [1.807, 2.05) is 30.3 Å². The van der Waals surface area contributed by atoms with E-state index in [-0.39, 0.29) is 6.61 Å². The molecule has 0 atom stereocenters. The molecule has 0 aliphatic heterocycles. The van der Waals surface area contributed by atoms with Gasteiger partial charge in [-0.1, -0.05) is 24.3 Å². The van der Waals surface area contributed by atoms with Crippen molar-refractivity contribution >= 4 is 5.82 Å².